The van der Waals surface area contributed by atoms with Crippen molar-refractivity contribution >= 4 is 21.8 Å². The van der Waals surface area contributed by atoms with Gasteiger partial charge in [-0.2, -0.15) is 13.2 Å². The average molecular weight is 359 g/mol. The first-order valence-corrected chi connectivity index (χ1v) is 6.68. The summed E-state index contributed by atoms with van der Waals surface area (Å²) in [5, 5.41) is 2.48. The lowest BCUT2D eigenvalue weighted by Gasteiger charge is -2.08. The van der Waals surface area contributed by atoms with Crippen LogP contribution in [-0.2, 0) is 6.18 Å². The summed E-state index contributed by atoms with van der Waals surface area (Å²) in [5.74, 6) is -0.300. The number of halogens is 4. The van der Waals surface area contributed by atoms with Crippen LogP contribution >= 0.6 is 15.9 Å². The highest BCUT2D eigenvalue weighted by Gasteiger charge is 2.30. The van der Waals surface area contributed by atoms with Gasteiger partial charge in [0.2, 0.25) is 0 Å². The first kappa shape index (κ1) is 15.5. The van der Waals surface area contributed by atoms with E-state index in [1.807, 2.05) is 0 Å². The number of amides is 1. The van der Waals surface area contributed by atoms with Crippen molar-refractivity contribution in [1.29, 1.82) is 0 Å². The normalized spacial score (nSPS) is 11.3. The highest BCUT2D eigenvalue weighted by molar-refractivity contribution is 9.10. The van der Waals surface area contributed by atoms with Crippen molar-refractivity contribution in [3.05, 3.63) is 52.1 Å². The van der Waals surface area contributed by atoms with Gasteiger partial charge >= 0.3 is 6.18 Å². The Balaban J connectivity index is 2.42. The van der Waals surface area contributed by atoms with Crippen LogP contribution in [0.5, 0.6) is 0 Å². The number of benzene rings is 1. The molecule has 0 bridgehead atoms. The van der Waals surface area contributed by atoms with Crippen LogP contribution in [0, 0.1) is 0 Å². The van der Waals surface area contributed by atoms with Crippen molar-refractivity contribution in [2.24, 2.45) is 0 Å². The molecule has 0 aliphatic rings. The van der Waals surface area contributed by atoms with Gasteiger partial charge in [-0.1, -0.05) is 12.1 Å². The van der Waals surface area contributed by atoms with Crippen LogP contribution in [0.1, 0.15) is 15.9 Å². The molecule has 1 N–H and O–H groups in total. The number of alkyl halides is 3. The number of rotatable bonds is 2. The first-order valence-electron chi connectivity index (χ1n) is 5.88. The molecule has 0 aliphatic carbocycles. The van der Waals surface area contributed by atoms with Crippen molar-refractivity contribution in [2.75, 3.05) is 7.05 Å². The summed E-state index contributed by atoms with van der Waals surface area (Å²) in [4.78, 5) is 15.8. The topological polar surface area (TPSA) is 42.0 Å². The predicted octanol–water partition coefficient (Wildman–Crippen LogP) is 3.89. The summed E-state index contributed by atoms with van der Waals surface area (Å²) < 4.78 is 38.0. The lowest BCUT2D eigenvalue weighted by atomic mass is 10.1. The van der Waals surface area contributed by atoms with Gasteiger partial charge in [-0.3, -0.25) is 4.79 Å². The second kappa shape index (κ2) is 5.85. The zero-order valence-corrected chi connectivity index (χ0v) is 12.4. The predicted molar refractivity (Wildman–Crippen MR) is 75.8 cm³/mol. The Labute approximate surface area is 127 Å². The highest BCUT2D eigenvalue weighted by Crippen LogP contribution is 2.31. The zero-order valence-electron chi connectivity index (χ0n) is 10.8. The minimum Gasteiger partial charge on any atom is -0.355 e. The first-order chi connectivity index (χ1) is 9.81. The van der Waals surface area contributed by atoms with Crippen molar-refractivity contribution < 1.29 is 18.0 Å². The van der Waals surface area contributed by atoms with Crippen LogP contribution in [0.25, 0.3) is 11.3 Å². The van der Waals surface area contributed by atoms with E-state index in [0.717, 1.165) is 12.1 Å². The summed E-state index contributed by atoms with van der Waals surface area (Å²) in [7, 11) is 1.49. The molecule has 1 heterocycles. The molecule has 21 heavy (non-hydrogen) atoms. The number of hydrogen-bond donors (Lipinski definition) is 1. The Bertz CT molecular complexity index is 669. The fourth-order valence-electron chi connectivity index (χ4n) is 1.75. The largest absolute Gasteiger partial charge is 0.416 e. The highest BCUT2D eigenvalue weighted by atomic mass is 79.9. The van der Waals surface area contributed by atoms with Gasteiger partial charge in [0.25, 0.3) is 5.91 Å². The van der Waals surface area contributed by atoms with Crippen LogP contribution in [0.3, 0.4) is 0 Å². The summed E-state index contributed by atoms with van der Waals surface area (Å²) in [6.07, 6.45) is -4.38. The molecule has 1 aromatic heterocycles. The van der Waals surface area contributed by atoms with Gasteiger partial charge in [-0.25, -0.2) is 4.98 Å². The zero-order chi connectivity index (χ0) is 15.6. The van der Waals surface area contributed by atoms with Gasteiger partial charge < -0.3 is 5.32 Å². The molecule has 0 aliphatic heterocycles. The molecule has 0 atom stereocenters. The second-order valence-corrected chi connectivity index (χ2v) is 5.03. The smallest absolute Gasteiger partial charge is 0.355 e. The number of hydrogen-bond acceptors (Lipinski definition) is 2. The monoisotopic (exact) mass is 358 g/mol. The fourth-order valence-corrected chi connectivity index (χ4v) is 2.19. The summed E-state index contributed by atoms with van der Waals surface area (Å²) >= 11 is 3.18. The number of carbonyl (C=O) groups excluding carboxylic acids is 1. The molecule has 0 radical (unpaired) electrons. The van der Waals surface area contributed by atoms with Gasteiger partial charge in [0, 0.05) is 18.2 Å². The van der Waals surface area contributed by atoms with Gasteiger partial charge in [0.15, 0.2) is 0 Å². The molecule has 110 valence electrons. The van der Waals surface area contributed by atoms with Gasteiger partial charge in [-0.05, 0) is 40.2 Å². The van der Waals surface area contributed by atoms with E-state index in [1.165, 1.54) is 31.3 Å². The summed E-state index contributed by atoms with van der Waals surface area (Å²) in [6.45, 7) is 0. The Morgan fingerprint density at radius 3 is 2.33 bits per heavy atom. The van der Waals surface area contributed by atoms with Crippen molar-refractivity contribution in [2.45, 2.75) is 6.18 Å². The van der Waals surface area contributed by atoms with Gasteiger partial charge in [0.1, 0.15) is 4.60 Å². The molecule has 1 amide bonds. The Morgan fingerprint density at radius 1 is 1.19 bits per heavy atom. The molecule has 7 heteroatoms. The maximum atomic E-state index is 12.5. The Morgan fingerprint density at radius 2 is 1.81 bits per heavy atom. The Hall–Kier alpha value is -1.89. The van der Waals surface area contributed by atoms with Gasteiger partial charge in [0.05, 0.1) is 11.3 Å². The minimum absolute atomic E-state index is 0.300. The molecule has 1 aromatic carbocycles. The standard InChI is InChI=1S/C14H10BrF3N2O/c1-19-13(21)9-6-11(20-12(15)7-9)8-2-4-10(5-3-8)14(16,17)18/h2-7H,1H3,(H,19,21). The molecule has 2 aromatic rings. The maximum Gasteiger partial charge on any atom is 0.416 e. The third kappa shape index (κ3) is 3.60. The molecule has 0 unspecified atom stereocenters. The number of nitrogens with zero attached hydrogens (tertiary/aromatic N) is 1. The number of carbonyl (C=O) groups is 1. The third-order valence-corrected chi connectivity index (χ3v) is 3.20. The number of aromatic nitrogens is 1. The van der Waals surface area contributed by atoms with E-state index in [0.29, 0.717) is 21.4 Å². The molecular formula is C14H10BrF3N2O. The quantitative estimate of drug-likeness (QED) is 0.827. The van der Waals surface area contributed by atoms with Gasteiger partial charge in [-0.15, -0.1) is 0 Å². The Kier molecular flexibility index (Phi) is 4.32. The van der Waals surface area contributed by atoms with Crippen LogP contribution in [0.4, 0.5) is 13.2 Å². The summed E-state index contributed by atoms with van der Waals surface area (Å²) in [6, 6.07) is 7.67. The third-order valence-electron chi connectivity index (χ3n) is 2.79. The van der Waals surface area contributed by atoms with Crippen LogP contribution < -0.4 is 5.32 Å². The molecule has 2 rings (SSSR count). The van der Waals surface area contributed by atoms with E-state index in [-0.39, 0.29) is 5.91 Å². The number of pyridine rings is 1. The van der Waals surface area contributed by atoms with Crippen LogP contribution in [0.2, 0.25) is 0 Å². The lowest BCUT2D eigenvalue weighted by Crippen LogP contribution is -2.18. The summed E-state index contributed by atoms with van der Waals surface area (Å²) in [5.41, 5.74) is 0.549. The minimum atomic E-state index is -4.38. The van der Waals surface area contributed by atoms with Crippen molar-refractivity contribution in [1.82, 2.24) is 10.3 Å². The van der Waals surface area contributed by atoms with Crippen molar-refractivity contribution in [3.63, 3.8) is 0 Å². The molecular weight excluding hydrogens is 349 g/mol. The second-order valence-electron chi connectivity index (χ2n) is 4.22. The maximum absolute atomic E-state index is 12.5. The van der Waals surface area contributed by atoms with E-state index in [9.17, 15) is 18.0 Å². The van der Waals surface area contributed by atoms with E-state index in [4.69, 9.17) is 0 Å². The van der Waals surface area contributed by atoms with Crippen LogP contribution in [0.15, 0.2) is 41.0 Å². The average Bonchev–Trinajstić information content (AvgIpc) is 2.45. The van der Waals surface area contributed by atoms with E-state index >= 15 is 0 Å². The van der Waals surface area contributed by atoms with E-state index < -0.39 is 11.7 Å². The number of nitrogens with one attached hydrogen (secondary N) is 1. The van der Waals surface area contributed by atoms with Crippen LogP contribution in [-0.4, -0.2) is 17.9 Å². The SMILES string of the molecule is CNC(=O)c1cc(Br)nc(-c2ccc(C(F)(F)F)cc2)c1. The lowest BCUT2D eigenvalue weighted by molar-refractivity contribution is -0.137. The molecule has 0 saturated carbocycles. The molecule has 0 spiro atoms. The fraction of sp³-hybridized carbons (Fsp3) is 0.143. The molecule has 3 nitrogen and oxygen atoms in total. The molecule has 0 saturated heterocycles. The van der Waals surface area contributed by atoms with E-state index in [1.54, 1.807) is 0 Å². The van der Waals surface area contributed by atoms with Crippen molar-refractivity contribution in [3.8, 4) is 11.3 Å². The van der Waals surface area contributed by atoms with E-state index in [2.05, 4.69) is 26.2 Å². The molecule has 0 fully saturated rings.